The van der Waals surface area contributed by atoms with Crippen LogP contribution in [0.25, 0.3) is 0 Å². The molecule has 25 heavy (non-hydrogen) atoms. The number of carbonyl (C=O) groups is 3. The maximum Gasteiger partial charge on any atom is 0.307 e. The van der Waals surface area contributed by atoms with Gasteiger partial charge in [-0.1, -0.05) is 12.2 Å². The Balaban J connectivity index is 1.41. The third-order valence-corrected chi connectivity index (χ3v) is 5.64. The SMILES string of the molecule is O=C(O)[C@@H]1[C@@H](C(=O)N2CCN(C(=O)c3ccco3)CC2)[C@@H]2C=C[C@H]1C2. The Morgan fingerprint density at radius 3 is 2.24 bits per heavy atom. The highest BCUT2D eigenvalue weighted by Crippen LogP contribution is 2.48. The lowest BCUT2D eigenvalue weighted by Gasteiger charge is -2.37. The number of fused-ring (bicyclic) bond motifs is 2. The van der Waals surface area contributed by atoms with Gasteiger partial charge >= 0.3 is 5.97 Å². The van der Waals surface area contributed by atoms with Gasteiger partial charge in [-0.15, -0.1) is 0 Å². The molecule has 0 unspecified atom stereocenters. The fourth-order valence-corrected chi connectivity index (χ4v) is 4.39. The molecule has 0 radical (unpaired) electrons. The van der Waals surface area contributed by atoms with E-state index in [9.17, 15) is 19.5 Å². The molecule has 3 aliphatic rings. The Bertz CT molecular complexity index is 718. The van der Waals surface area contributed by atoms with Crippen LogP contribution in [0.1, 0.15) is 17.0 Å². The highest BCUT2D eigenvalue weighted by molar-refractivity contribution is 5.92. The van der Waals surface area contributed by atoms with Crippen molar-refractivity contribution in [3.05, 3.63) is 36.3 Å². The van der Waals surface area contributed by atoms with Gasteiger partial charge in [0.2, 0.25) is 5.91 Å². The van der Waals surface area contributed by atoms with Crippen LogP contribution in [0.5, 0.6) is 0 Å². The second-order valence-corrected chi connectivity index (χ2v) is 6.93. The average Bonchev–Trinajstić information content (AvgIpc) is 3.36. The summed E-state index contributed by atoms with van der Waals surface area (Å²) in [7, 11) is 0. The van der Waals surface area contributed by atoms with E-state index in [2.05, 4.69) is 0 Å². The number of hydrogen-bond acceptors (Lipinski definition) is 4. The Morgan fingerprint density at radius 1 is 1.00 bits per heavy atom. The first-order chi connectivity index (χ1) is 12.1. The summed E-state index contributed by atoms with van der Waals surface area (Å²) >= 11 is 0. The van der Waals surface area contributed by atoms with Crippen LogP contribution in [0.4, 0.5) is 0 Å². The summed E-state index contributed by atoms with van der Waals surface area (Å²) in [5.74, 6) is -1.95. The molecule has 7 nitrogen and oxygen atoms in total. The van der Waals surface area contributed by atoms with Crippen LogP contribution in [0.2, 0.25) is 0 Å². The highest BCUT2D eigenvalue weighted by Gasteiger charge is 2.52. The average molecular weight is 344 g/mol. The topological polar surface area (TPSA) is 91.1 Å². The van der Waals surface area contributed by atoms with E-state index in [0.717, 1.165) is 6.42 Å². The molecule has 0 spiro atoms. The standard InChI is InChI=1S/C18H20N2O5/c21-16(13-2-1-9-25-13)19-5-7-20(8-6-19)17(22)14-11-3-4-12(10-11)15(14)18(23)24/h1-4,9,11-12,14-15H,5-8,10H2,(H,23,24)/t11-,12+,14+,15+/m1/s1. The fourth-order valence-electron chi connectivity index (χ4n) is 4.39. The minimum atomic E-state index is -0.887. The van der Waals surface area contributed by atoms with Crippen molar-refractivity contribution in [2.24, 2.45) is 23.7 Å². The van der Waals surface area contributed by atoms with Crippen LogP contribution in [0, 0.1) is 23.7 Å². The lowest BCUT2D eigenvalue weighted by atomic mass is 9.82. The van der Waals surface area contributed by atoms with Gasteiger partial charge in [-0.05, 0) is 30.4 Å². The molecule has 4 atom stereocenters. The third kappa shape index (κ3) is 2.63. The van der Waals surface area contributed by atoms with Crippen LogP contribution >= 0.6 is 0 Å². The van der Waals surface area contributed by atoms with E-state index in [1.807, 2.05) is 12.2 Å². The number of piperazine rings is 1. The number of carboxylic acid groups (broad SMARTS) is 1. The van der Waals surface area contributed by atoms with Gasteiger partial charge in [-0.2, -0.15) is 0 Å². The van der Waals surface area contributed by atoms with Gasteiger partial charge in [0.25, 0.3) is 5.91 Å². The van der Waals surface area contributed by atoms with E-state index in [4.69, 9.17) is 4.42 Å². The number of amides is 2. The molecule has 1 N–H and O–H groups in total. The number of aliphatic carboxylic acids is 1. The summed E-state index contributed by atoms with van der Waals surface area (Å²) in [6, 6.07) is 3.29. The summed E-state index contributed by atoms with van der Waals surface area (Å²) in [6.07, 6.45) is 6.14. The molecule has 1 saturated carbocycles. The van der Waals surface area contributed by atoms with Gasteiger partial charge in [0.15, 0.2) is 5.76 Å². The molecule has 7 heteroatoms. The third-order valence-electron chi connectivity index (χ3n) is 5.64. The zero-order valence-electron chi connectivity index (χ0n) is 13.7. The van der Waals surface area contributed by atoms with Crippen molar-refractivity contribution < 1.29 is 23.9 Å². The van der Waals surface area contributed by atoms with E-state index in [-0.39, 0.29) is 23.7 Å². The first kappa shape index (κ1) is 15.9. The molecule has 2 bridgehead atoms. The molecule has 0 aromatic carbocycles. The van der Waals surface area contributed by atoms with Gasteiger partial charge in [0.05, 0.1) is 18.1 Å². The summed E-state index contributed by atoms with van der Waals surface area (Å²) in [6.45, 7) is 1.71. The second kappa shape index (κ2) is 6.06. The van der Waals surface area contributed by atoms with Gasteiger partial charge in [0.1, 0.15) is 0 Å². The van der Waals surface area contributed by atoms with E-state index in [0.29, 0.717) is 31.9 Å². The summed E-state index contributed by atoms with van der Waals surface area (Å²) in [4.78, 5) is 40.2. The van der Waals surface area contributed by atoms with Crippen molar-refractivity contribution in [3.8, 4) is 0 Å². The number of rotatable bonds is 3. The number of carboxylic acids is 1. The molecule has 1 aromatic heterocycles. The number of nitrogens with zero attached hydrogens (tertiary/aromatic N) is 2. The lowest BCUT2D eigenvalue weighted by Crippen LogP contribution is -2.53. The molecule has 2 amide bonds. The second-order valence-electron chi connectivity index (χ2n) is 6.93. The molecule has 1 aliphatic heterocycles. The first-order valence-electron chi connectivity index (χ1n) is 8.59. The predicted molar refractivity (Wildman–Crippen MR) is 86.5 cm³/mol. The Kier molecular flexibility index (Phi) is 3.86. The molecule has 2 aliphatic carbocycles. The lowest BCUT2D eigenvalue weighted by molar-refractivity contribution is -0.151. The van der Waals surface area contributed by atoms with E-state index >= 15 is 0 Å². The maximum atomic E-state index is 12.9. The largest absolute Gasteiger partial charge is 0.481 e. The number of furan rings is 1. The molecule has 2 heterocycles. The maximum absolute atomic E-state index is 12.9. The van der Waals surface area contributed by atoms with Crippen molar-refractivity contribution in [3.63, 3.8) is 0 Å². The first-order valence-corrected chi connectivity index (χ1v) is 8.59. The Hall–Kier alpha value is -2.57. The number of hydrogen-bond donors (Lipinski definition) is 1. The molecule has 4 rings (SSSR count). The quantitative estimate of drug-likeness (QED) is 0.829. The predicted octanol–water partition coefficient (Wildman–Crippen LogP) is 1.09. The van der Waals surface area contributed by atoms with Crippen LogP contribution in [0.15, 0.2) is 35.0 Å². The Morgan fingerprint density at radius 2 is 1.64 bits per heavy atom. The molecule has 2 fully saturated rings. The van der Waals surface area contributed by atoms with Crippen LogP contribution in [-0.4, -0.2) is 58.9 Å². The van der Waals surface area contributed by atoms with Crippen molar-refractivity contribution in [2.75, 3.05) is 26.2 Å². The molecule has 1 saturated heterocycles. The monoisotopic (exact) mass is 344 g/mol. The van der Waals surface area contributed by atoms with Gasteiger partial charge in [0, 0.05) is 26.2 Å². The van der Waals surface area contributed by atoms with Crippen LogP contribution in [-0.2, 0) is 9.59 Å². The van der Waals surface area contributed by atoms with Gasteiger partial charge in [-0.25, -0.2) is 0 Å². The summed E-state index contributed by atoms with van der Waals surface area (Å²) in [5, 5.41) is 9.51. The zero-order valence-corrected chi connectivity index (χ0v) is 13.7. The highest BCUT2D eigenvalue weighted by atomic mass is 16.4. The minimum Gasteiger partial charge on any atom is -0.481 e. The van der Waals surface area contributed by atoms with Crippen LogP contribution in [0.3, 0.4) is 0 Å². The van der Waals surface area contributed by atoms with E-state index < -0.39 is 17.8 Å². The Labute approximate surface area is 144 Å². The van der Waals surface area contributed by atoms with Gasteiger partial charge < -0.3 is 19.3 Å². The van der Waals surface area contributed by atoms with Crippen molar-refractivity contribution in [2.45, 2.75) is 6.42 Å². The van der Waals surface area contributed by atoms with Crippen molar-refractivity contribution in [1.29, 1.82) is 0 Å². The van der Waals surface area contributed by atoms with E-state index in [1.54, 1.807) is 21.9 Å². The number of carbonyl (C=O) groups excluding carboxylic acids is 2. The van der Waals surface area contributed by atoms with Gasteiger partial charge in [-0.3, -0.25) is 14.4 Å². The number of allylic oxidation sites excluding steroid dienone is 2. The zero-order chi connectivity index (χ0) is 17.6. The fraction of sp³-hybridized carbons (Fsp3) is 0.500. The molecule has 132 valence electrons. The normalized spacial score (nSPS) is 30.7. The van der Waals surface area contributed by atoms with Crippen LogP contribution < -0.4 is 0 Å². The molecule has 1 aromatic rings. The van der Waals surface area contributed by atoms with E-state index in [1.165, 1.54) is 6.26 Å². The minimum absolute atomic E-state index is 0.0291. The smallest absolute Gasteiger partial charge is 0.307 e. The van der Waals surface area contributed by atoms with Crippen molar-refractivity contribution in [1.82, 2.24) is 9.80 Å². The summed E-state index contributed by atoms with van der Waals surface area (Å²) < 4.78 is 5.13. The van der Waals surface area contributed by atoms with Crippen molar-refractivity contribution >= 4 is 17.8 Å². The molecular weight excluding hydrogens is 324 g/mol. The molecular formula is C18H20N2O5. The summed E-state index contributed by atoms with van der Waals surface area (Å²) in [5.41, 5.74) is 0.